The Morgan fingerprint density at radius 2 is 2.00 bits per heavy atom. The van der Waals surface area contributed by atoms with E-state index in [0.29, 0.717) is 13.2 Å². The largest absolute Gasteiger partial charge is 0.497 e. The van der Waals surface area contributed by atoms with Gasteiger partial charge in [-0.2, -0.15) is 0 Å². The number of methoxy groups -OCH3 is 2. The lowest BCUT2D eigenvalue weighted by Crippen LogP contribution is -2.30. The van der Waals surface area contributed by atoms with Gasteiger partial charge in [0.15, 0.2) is 0 Å². The van der Waals surface area contributed by atoms with Gasteiger partial charge in [-0.3, -0.25) is 4.79 Å². The SMILES string of the molecule is COc1cccc(CNC(=O)[C@H]2C[C@@]23CCOc2ccc(OC)cc23)c1. The van der Waals surface area contributed by atoms with E-state index in [-0.39, 0.29) is 17.2 Å². The average Bonchev–Trinajstić information content (AvgIpc) is 3.41. The molecule has 1 N–H and O–H groups in total. The van der Waals surface area contributed by atoms with Gasteiger partial charge in [0.05, 0.1) is 20.8 Å². The third-order valence-corrected chi connectivity index (χ3v) is 5.52. The zero-order chi connectivity index (χ0) is 18.1. The first-order chi connectivity index (χ1) is 12.7. The summed E-state index contributed by atoms with van der Waals surface area (Å²) >= 11 is 0. The first kappa shape index (κ1) is 16.8. The van der Waals surface area contributed by atoms with E-state index in [2.05, 4.69) is 5.32 Å². The highest BCUT2D eigenvalue weighted by molar-refractivity contribution is 5.85. The Morgan fingerprint density at radius 3 is 2.81 bits per heavy atom. The molecule has 5 nitrogen and oxygen atoms in total. The lowest BCUT2D eigenvalue weighted by molar-refractivity contribution is -0.123. The monoisotopic (exact) mass is 353 g/mol. The van der Waals surface area contributed by atoms with Crippen LogP contribution in [0.4, 0.5) is 0 Å². The number of rotatable bonds is 5. The van der Waals surface area contributed by atoms with Crippen LogP contribution in [0.3, 0.4) is 0 Å². The van der Waals surface area contributed by atoms with E-state index in [1.807, 2.05) is 42.5 Å². The molecule has 0 radical (unpaired) electrons. The van der Waals surface area contributed by atoms with E-state index in [9.17, 15) is 4.79 Å². The van der Waals surface area contributed by atoms with Crippen LogP contribution in [0.15, 0.2) is 42.5 Å². The minimum absolute atomic E-state index is 0.0112. The maximum atomic E-state index is 12.8. The predicted octanol–water partition coefficient (Wildman–Crippen LogP) is 3.06. The van der Waals surface area contributed by atoms with Crippen molar-refractivity contribution in [2.75, 3.05) is 20.8 Å². The molecule has 1 spiro atoms. The Kier molecular flexibility index (Phi) is 4.23. The minimum atomic E-state index is -0.111. The summed E-state index contributed by atoms with van der Waals surface area (Å²) in [4.78, 5) is 12.8. The van der Waals surface area contributed by atoms with Crippen molar-refractivity contribution in [3.05, 3.63) is 53.6 Å². The lowest BCUT2D eigenvalue weighted by atomic mass is 9.87. The molecule has 1 amide bonds. The number of hydrogen-bond donors (Lipinski definition) is 1. The first-order valence-corrected chi connectivity index (χ1v) is 8.88. The molecule has 2 aliphatic rings. The van der Waals surface area contributed by atoms with Crippen molar-refractivity contribution in [3.8, 4) is 17.2 Å². The Labute approximate surface area is 153 Å². The van der Waals surface area contributed by atoms with Gasteiger partial charge in [0.25, 0.3) is 0 Å². The highest BCUT2D eigenvalue weighted by Gasteiger charge is 2.61. The van der Waals surface area contributed by atoms with Gasteiger partial charge in [-0.15, -0.1) is 0 Å². The fourth-order valence-corrected chi connectivity index (χ4v) is 3.95. The molecular weight excluding hydrogens is 330 g/mol. The number of nitrogens with one attached hydrogen (secondary N) is 1. The normalized spacial score (nSPS) is 22.9. The van der Waals surface area contributed by atoms with Crippen molar-refractivity contribution in [1.82, 2.24) is 5.32 Å². The number of hydrogen-bond acceptors (Lipinski definition) is 4. The summed E-state index contributed by atoms with van der Waals surface area (Å²) < 4.78 is 16.4. The number of carbonyl (C=O) groups excluding carboxylic acids is 1. The summed E-state index contributed by atoms with van der Waals surface area (Å²) in [5, 5.41) is 3.08. The maximum Gasteiger partial charge on any atom is 0.224 e. The number of benzene rings is 2. The molecule has 0 unspecified atom stereocenters. The van der Waals surface area contributed by atoms with Crippen LogP contribution in [0.2, 0.25) is 0 Å². The molecule has 136 valence electrons. The van der Waals surface area contributed by atoms with Gasteiger partial charge in [-0.1, -0.05) is 12.1 Å². The Morgan fingerprint density at radius 1 is 1.19 bits per heavy atom. The lowest BCUT2D eigenvalue weighted by Gasteiger charge is -2.27. The minimum Gasteiger partial charge on any atom is -0.497 e. The highest BCUT2D eigenvalue weighted by atomic mass is 16.5. The maximum absolute atomic E-state index is 12.8. The topological polar surface area (TPSA) is 56.8 Å². The highest BCUT2D eigenvalue weighted by Crippen LogP contribution is 2.61. The fraction of sp³-hybridized carbons (Fsp3) is 0.381. The van der Waals surface area contributed by atoms with Gasteiger partial charge >= 0.3 is 0 Å². The predicted molar refractivity (Wildman–Crippen MR) is 97.7 cm³/mol. The van der Waals surface area contributed by atoms with Gasteiger partial charge in [0, 0.05) is 23.4 Å². The number of carbonyl (C=O) groups is 1. The fourth-order valence-electron chi connectivity index (χ4n) is 3.95. The van der Waals surface area contributed by atoms with E-state index in [1.54, 1.807) is 14.2 Å². The van der Waals surface area contributed by atoms with Crippen LogP contribution in [-0.2, 0) is 16.8 Å². The smallest absolute Gasteiger partial charge is 0.224 e. The second kappa shape index (κ2) is 6.56. The summed E-state index contributed by atoms with van der Waals surface area (Å²) in [5.74, 6) is 2.56. The molecule has 1 fully saturated rings. The summed E-state index contributed by atoms with van der Waals surface area (Å²) in [6, 6.07) is 13.6. The molecule has 0 aromatic heterocycles. The molecule has 1 aliphatic heterocycles. The van der Waals surface area contributed by atoms with Crippen molar-refractivity contribution in [1.29, 1.82) is 0 Å². The summed E-state index contributed by atoms with van der Waals surface area (Å²) in [7, 11) is 3.30. The third kappa shape index (κ3) is 2.87. The molecule has 2 aromatic rings. The van der Waals surface area contributed by atoms with Gasteiger partial charge in [-0.25, -0.2) is 0 Å². The molecule has 1 saturated carbocycles. The molecular formula is C21H23NO4. The van der Waals surface area contributed by atoms with E-state index in [1.165, 1.54) is 0 Å². The van der Waals surface area contributed by atoms with Crippen LogP contribution in [-0.4, -0.2) is 26.7 Å². The van der Waals surface area contributed by atoms with Crippen LogP contribution in [0.25, 0.3) is 0 Å². The Balaban J connectivity index is 1.47. The van der Waals surface area contributed by atoms with Gasteiger partial charge < -0.3 is 19.5 Å². The summed E-state index contributed by atoms with van der Waals surface area (Å²) in [5.41, 5.74) is 2.02. The van der Waals surface area contributed by atoms with Crippen molar-refractivity contribution >= 4 is 5.91 Å². The third-order valence-electron chi connectivity index (χ3n) is 5.52. The second-order valence-electron chi connectivity index (χ2n) is 6.94. The molecule has 26 heavy (non-hydrogen) atoms. The van der Waals surface area contributed by atoms with E-state index in [0.717, 1.165) is 41.2 Å². The standard InChI is InChI=1S/C21H23NO4/c1-24-15-5-3-4-14(10-15)13-22-20(23)18-12-21(18)8-9-26-19-7-6-16(25-2)11-17(19)21/h3-7,10-11,18H,8-9,12-13H2,1-2H3,(H,22,23)/t18-,21-/m1/s1. The first-order valence-electron chi connectivity index (χ1n) is 8.88. The number of fused-ring (bicyclic) bond motifs is 2. The number of amides is 1. The van der Waals surface area contributed by atoms with Gasteiger partial charge in [-0.05, 0) is 48.7 Å². The molecule has 2 aromatic carbocycles. The van der Waals surface area contributed by atoms with Gasteiger partial charge in [0.1, 0.15) is 17.2 Å². The summed E-state index contributed by atoms with van der Waals surface area (Å²) in [6.07, 6.45) is 1.73. The van der Waals surface area contributed by atoms with E-state index < -0.39 is 0 Å². The van der Waals surface area contributed by atoms with E-state index >= 15 is 0 Å². The second-order valence-corrected chi connectivity index (χ2v) is 6.94. The molecule has 2 atom stereocenters. The molecule has 0 saturated heterocycles. The van der Waals surface area contributed by atoms with Crippen LogP contribution in [0.1, 0.15) is 24.0 Å². The van der Waals surface area contributed by atoms with Crippen LogP contribution in [0, 0.1) is 5.92 Å². The summed E-state index contributed by atoms with van der Waals surface area (Å²) in [6.45, 7) is 1.16. The zero-order valence-corrected chi connectivity index (χ0v) is 15.1. The molecule has 4 rings (SSSR count). The molecule has 1 aliphatic carbocycles. The molecule has 1 heterocycles. The molecule has 0 bridgehead atoms. The van der Waals surface area contributed by atoms with Crippen molar-refractivity contribution in [2.45, 2.75) is 24.8 Å². The zero-order valence-electron chi connectivity index (χ0n) is 15.1. The number of ether oxygens (including phenoxy) is 3. The van der Waals surface area contributed by atoms with Crippen molar-refractivity contribution < 1.29 is 19.0 Å². The Bertz CT molecular complexity index is 835. The Hall–Kier alpha value is -2.69. The van der Waals surface area contributed by atoms with Crippen LogP contribution >= 0.6 is 0 Å². The molecule has 5 heteroatoms. The van der Waals surface area contributed by atoms with Gasteiger partial charge in [0.2, 0.25) is 5.91 Å². The van der Waals surface area contributed by atoms with E-state index in [4.69, 9.17) is 14.2 Å². The average molecular weight is 353 g/mol. The van der Waals surface area contributed by atoms with Crippen LogP contribution in [0.5, 0.6) is 17.2 Å². The quantitative estimate of drug-likeness (QED) is 0.898. The van der Waals surface area contributed by atoms with Crippen molar-refractivity contribution in [2.24, 2.45) is 5.92 Å². The van der Waals surface area contributed by atoms with Crippen molar-refractivity contribution in [3.63, 3.8) is 0 Å². The van der Waals surface area contributed by atoms with Crippen LogP contribution < -0.4 is 19.5 Å².